The van der Waals surface area contributed by atoms with Crippen molar-refractivity contribution < 1.29 is 71.5 Å². The number of nitrogens with two attached hydrogens (primary N) is 1. The number of rotatable bonds is 39. The molecule has 1 aromatic carbocycles. The van der Waals surface area contributed by atoms with Crippen LogP contribution in [0.4, 0.5) is 5.69 Å². The van der Waals surface area contributed by atoms with E-state index in [1.165, 1.54) is 0 Å². The summed E-state index contributed by atoms with van der Waals surface area (Å²) in [5, 5.41) is 8.55. The van der Waals surface area contributed by atoms with E-state index in [1.807, 2.05) is 12.1 Å². The molecule has 0 aliphatic carbocycles. The van der Waals surface area contributed by atoms with E-state index < -0.39 is 5.97 Å². The second-order valence-corrected chi connectivity index (χ2v) is 10.4. The van der Waals surface area contributed by atoms with Gasteiger partial charge in [0.05, 0.1) is 132 Å². The van der Waals surface area contributed by atoms with Crippen molar-refractivity contribution in [2.45, 2.75) is 25.7 Å². The molecule has 16 nitrogen and oxygen atoms in total. The lowest BCUT2D eigenvalue weighted by Gasteiger charge is -2.09. The number of hydrogen-bond acceptors (Lipinski definition) is 15. The first kappa shape index (κ1) is 45.4. The van der Waals surface area contributed by atoms with Crippen LogP contribution < -0.4 is 10.5 Å². The van der Waals surface area contributed by atoms with Gasteiger partial charge in [-0.05, 0) is 37.1 Å². The fraction of sp³-hybridized carbons (Fsp3) is 0.765. The van der Waals surface area contributed by atoms with Gasteiger partial charge < -0.3 is 67.7 Å². The normalized spacial score (nSPS) is 11.2. The van der Waals surface area contributed by atoms with Crippen molar-refractivity contribution in [3.05, 3.63) is 24.3 Å². The maximum Gasteiger partial charge on any atom is 0.305 e. The number of ether oxygens (including phenoxy) is 12. The molecule has 0 saturated heterocycles. The van der Waals surface area contributed by atoms with Crippen LogP contribution in [0.25, 0.3) is 0 Å². The predicted octanol–water partition coefficient (Wildman–Crippen LogP) is 2.00. The van der Waals surface area contributed by atoms with Crippen molar-refractivity contribution in [2.75, 3.05) is 151 Å². The van der Waals surface area contributed by atoms with Gasteiger partial charge in [-0.3, -0.25) is 9.59 Å². The average molecular weight is 722 g/mol. The number of carbonyl (C=O) groups excluding carboxylic acids is 1. The second kappa shape index (κ2) is 36.2. The fourth-order valence-corrected chi connectivity index (χ4v) is 3.70. The Labute approximate surface area is 295 Å². The lowest BCUT2D eigenvalue weighted by atomic mass is 10.2. The van der Waals surface area contributed by atoms with Gasteiger partial charge in [-0.1, -0.05) is 0 Å². The van der Waals surface area contributed by atoms with Crippen LogP contribution in [0, 0.1) is 0 Å². The van der Waals surface area contributed by atoms with E-state index in [0.717, 1.165) is 5.75 Å². The summed E-state index contributed by atoms with van der Waals surface area (Å²) in [5.41, 5.74) is 6.34. The van der Waals surface area contributed by atoms with Crippen LogP contribution in [-0.4, -0.2) is 162 Å². The first-order valence-corrected chi connectivity index (χ1v) is 17.2. The van der Waals surface area contributed by atoms with Gasteiger partial charge in [0.25, 0.3) is 0 Å². The molecule has 0 amide bonds. The first-order valence-electron chi connectivity index (χ1n) is 17.2. The molecule has 0 saturated carbocycles. The Morgan fingerprint density at radius 2 is 0.740 bits per heavy atom. The number of aliphatic carboxylic acids is 1. The number of esters is 1. The summed E-state index contributed by atoms with van der Waals surface area (Å²) in [6.45, 7) is 9.84. The quantitative estimate of drug-likeness (QED) is 0.0570. The van der Waals surface area contributed by atoms with E-state index in [1.54, 1.807) is 12.1 Å². The monoisotopic (exact) mass is 721 g/mol. The lowest BCUT2D eigenvalue weighted by molar-refractivity contribution is -0.146. The smallest absolute Gasteiger partial charge is 0.305 e. The van der Waals surface area contributed by atoms with Crippen molar-refractivity contribution in [2.24, 2.45) is 0 Å². The largest absolute Gasteiger partial charge is 0.491 e. The number of carboxylic acids is 1. The van der Waals surface area contributed by atoms with Crippen LogP contribution in [0.3, 0.4) is 0 Å². The topological polar surface area (TPSA) is 191 Å². The molecule has 0 fully saturated rings. The highest BCUT2D eigenvalue weighted by Crippen LogP contribution is 2.12. The van der Waals surface area contributed by atoms with E-state index in [9.17, 15) is 9.59 Å². The van der Waals surface area contributed by atoms with Gasteiger partial charge in [-0.15, -0.1) is 0 Å². The highest BCUT2D eigenvalue weighted by Gasteiger charge is 2.04. The highest BCUT2D eigenvalue weighted by atomic mass is 16.6. The standard InChI is InChI=1S/C34H59NO15/c35-31-5-7-32(8-6-31)49-29-27-47-25-23-45-21-19-43-17-15-41-13-11-39-9-10-40-12-14-42-16-18-44-20-22-46-24-26-48-28-30-50-34(38)4-2-1-3-33(36)37/h5-8H,1-4,9-30,35H2,(H,36,37). The van der Waals surface area contributed by atoms with Crippen molar-refractivity contribution in [1.82, 2.24) is 0 Å². The average Bonchev–Trinajstić information content (AvgIpc) is 3.11. The zero-order chi connectivity index (χ0) is 36.0. The number of anilines is 1. The molecule has 1 aromatic rings. The minimum Gasteiger partial charge on any atom is -0.491 e. The van der Waals surface area contributed by atoms with Crippen LogP contribution >= 0.6 is 0 Å². The number of unbranched alkanes of at least 4 members (excludes halogenated alkanes) is 1. The van der Waals surface area contributed by atoms with Crippen LogP contribution in [0.15, 0.2) is 24.3 Å². The summed E-state index contributed by atoms with van der Waals surface area (Å²) in [4.78, 5) is 21.9. The number of hydrogen-bond donors (Lipinski definition) is 2. The molecule has 0 heterocycles. The number of benzene rings is 1. The summed E-state index contributed by atoms with van der Waals surface area (Å²) >= 11 is 0. The summed E-state index contributed by atoms with van der Waals surface area (Å²) in [5.74, 6) is -0.449. The minimum absolute atomic E-state index is 0.0583. The predicted molar refractivity (Wildman–Crippen MR) is 182 cm³/mol. The highest BCUT2D eigenvalue weighted by molar-refractivity contribution is 5.69. The Kier molecular flexibility index (Phi) is 32.8. The van der Waals surface area contributed by atoms with Crippen molar-refractivity contribution in [1.29, 1.82) is 0 Å². The SMILES string of the molecule is Nc1ccc(OCCOCCOCCOCCOCCOCCOCCOCCOCCOCCOCCOC(=O)CCCCC(=O)O)cc1. The van der Waals surface area contributed by atoms with Gasteiger partial charge in [0.15, 0.2) is 0 Å². The Morgan fingerprint density at radius 3 is 1.08 bits per heavy atom. The first-order chi connectivity index (χ1) is 24.6. The third-order valence-electron chi connectivity index (χ3n) is 6.24. The molecule has 0 bridgehead atoms. The molecule has 0 atom stereocenters. The fourth-order valence-electron chi connectivity index (χ4n) is 3.70. The maximum absolute atomic E-state index is 11.5. The summed E-state index contributed by atoms with van der Waals surface area (Å²) in [7, 11) is 0. The van der Waals surface area contributed by atoms with Gasteiger partial charge in [0.1, 0.15) is 19.0 Å². The third kappa shape index (κ3) is 33.8. The molecule has 16 heteroatoms. The Bertz CT molecular complexity index is 894. The summed E-state index contributed by atoms with van der Waals surface area (Å²) in [6.07, 6.45) is 1.23. The Balaban J connectivity index is 1.64. The van der Waals surface area contributed by atoms with Gasteiger partial charge in [0.2, 0.25) is 0 Å². The Morgan fingerprint density at radius 1 is 0.440 bits per heavy atom. The van der Waals surface area contributed by atoms with E-state index in [-0.39, 0.29) is 32.0 Å². The van der Waals surface area contributed by atoms with E-state index >= 15 is 0 Å². The van der Waals surface area contributed by atoms with Gasteiger partial charge >= 0.3 is 11.9 Å². The molecule has 0 aromatic heterocycles. The van der Waals surface area contributed by atoms with Crippen molar-refractivity contribution in [3.8, 4) is 5.75 Å². The maximum atomic E-state index is 11.5. The van der Waals surface area contributed by atoms with Gasteiger partial charge in [0, 0.05) is 18.5 Å². The van der Waals surface area contributed by atoms with E-state index in [2.05, 4.69) is 0 Å². The molecule has 290 valence electrons. The molecule has 3 N–H and O–H groups in total. The van der Waals surface area contributed by atoms with Crippen molar-refractivity contribution >= 4 is 17.6 Å². The molecule has 0 radical (unpaired) electrons. The van der Waals surface area contributed by atoms with Crippen LogP contribution in [-0.2, 0) is 61.7 Å². The number of carbonyl (C=O) groups is 2. The Hall–Kier alpha value is -2.64. The van der Waals surface area contributed by atoms with Crippen LogP contribution in [0.5, 0.6) is 5.75 Å². The molecule has 0 unspecified atom stereocenters. The number of carboxylic acid groups (broad SMARTS) is 1. The zero-order valence-corrected chi connectivity index (χ0v) is 29.4. The molecular formula is C34H59NO15. The summed E-state index contributed by atoms with van der Waals surface area (Å²) < 4.78 is 65.0. The molecular weight excluding hydrogens is 662 g/mol. The molecule has 0 aliphatic heterocycles. The molecule has 50 heavy (non-hydrogen) atoms. The van der Waals surface area contributed by atoms with Gasteiger partial charge in [-0.25, -0.2) is 0 Å². The number of nitrogen functional groups attached to an aromatic ring is 1. The van der Waals surface area contributed by atoms with E-state index in [4.69, 9.17) is 67.7 Å². The van der Waals surface area contributed by atoms with E-state index in [0.29, 0.717) is 151 Å². The molecule has 1 rings (SSSR count). The second-order valence-electron chi connectivity index (χ2n) is 10.4. The molecule has 0 spiro atoms. The third-order valence-corrected chi connectivity index (χ3v) is 6.24. The summed E-state index contributed by atoms with van der Waals surface area (Å²) in [6, 6.07) is 7.24. The van der Waals surface area contributed by atoms with Gasteiger partial charge in [-0.2, -0.15) is 0 Å². The van der Waals surface area contributed by atoms with Crippen LogP contribution in [0.2, 0.25) is 0 Å². The lowest BCUT2D eigenvalue weighted by Crippen LogP contribution is -2.15. The minimum atomic E-state index is -0.864. The van der Waals surface area contributed by atoms with Crippen molar-refractivity contribution in [3.63, 3.8) is 0 Å². The zero-order valence-electron chi connectivity index (χ0n) is 29.4. The molecule has 0 aliphatic rings. The van der Waals surface area contributed by atoms with Crippen LogP contribution in [0.1, 0.15) is 25.7 Å².